The van der Waals surface area contributed by atoms with Crippen molar-refractivity contribution in [2.75, 3.05) is 13.2 Å². The topological polar surface area (TPSA) is 52.3 Å². The summed E-state index contributed by atoms with van der Waals surface area (Å²) in [6.45, 7) is 4.43. The summed E-state index contributed by atoms with van der Waals surface area (Å²) in [4.78, 5) is 11.0. The first-order valence-electron chi connectivity index (χ1n) is 5.78. The van der Waals surface area contributed by atoms with Crippen molar-refractivity contribution in [3.8, 4) is 0 Å². The molecule has 0 aromatic heterocycles. The van der Waals surface area contributed by atoms with Gasteiger partial charge in [0.15, 0.2) is 0 Å². The molecule has 0 fully saturated rings. The van der Waals surface area contributed by atoms with Crippen LogP contribution in [0.4, 0.5) is 0 Å². The van der Waals surface area contributed by atoms with Crippen LogP contribution in [0.1, 0.15) is 44.9 Å². The number of carbonyl (C=O) groups is 1. The standard InChI is InChI=1S/C12H23NO2/c1-2-3-4-5-6-7-8-9-12(14)15-11-10-13/h2H,1,3-11,13H2. The molecule has 0 saturated carbocycles. The molecule has 0 aliphatic heterocycles. The molecule has 0 unspecified atom stereocenters. The maximum absolute atomic E-state index is 11.0. The zero-order valence-electron chi connectivity index (χ0n) is 9.54. The third-order valence-electron chi connectivity index (χ3n) is 2.17. The lowest BCUT2D eigenvalue weighted by Gasteiger charge is -2.02. The predicted molar refractivity (Wildman–Crippen MR) is 62.5 cm³/mol. The van der Waals surface area contributed by atoms with Crippen LogP contribution in [0.15, 0.2) is 12.7 Å². The molecule has 0 aromatic carbocycles. The number of esters is 1. The average molecular weight is 213 g/mol. The molecule has 0 aromatic rings. The summed E-state index contributed by atoms with van der Waals surface area (Å²) in [7, 11) is 0. The van der Waals surface area contributed by atoms with Gasteiger partial charge in [-0.1, -0.05) is 25.3 Å². The van der Waals surface area contributed by atoms with Gasteiger partial charge in [-0.05, 0) is 19.3 Å². The molecule has 3 heteroatoms. The fourth-order valence-electron chi connectivity index (χ4n) is 1.33. The van der Waals surface area contributed by atoms with Crippen LogP contribution in [0, 0.1) is 0 Å². The zero-order chi connectivity index (χ0) is 11.4. The number of ether oxygens (including phenoxy) is 1. The van der Waals surface area contributed by atoms with E-state index < -0.39 is 0 Å². The normalized spacial score (nSPS) is 9.93. The van der Waals surface area contributed by atoms with E-state index in [-0.39, 0.29) is 5.97 Å². The molecule has 0 rings (SSSR count). The molecule has 0 spiro atoms. The van der Waals surface area contributed by atoms with Crippen LogP contribution in [-0.2, 0) is 9.53 Å². The Morgan fingerprint density at radius 3 is 2.53 bits per heavy atom. The first kappa shape index (κ1) is 14.2. The van der Waals surface area contributed by atoms with Gasteiger partial charge in [0.2, 0.25) is 0 Å². The smallest absolute Gasteiger partial charge is 0.305 e. The minimum atomic E-state index is -0.119. The summed E-state index contributed by atoms with van der Waals surface area (Å²) in [6.07, 6.45) is 9.24. The number of unbranched alkanes of at least 4 members (excludes halogenated alkanes) is 5. The highest BCUT2D eigenvalue weighted by Gasteiger charge is 2.00. The van der Waals surface area contributed by atoms with E-state index in [1.807, 2.05) is 6.08 Å². The van der Waals surface area contributed by atoms with Crippen molar-refractivity contribution in [2.24, 2.45) is 5.73 Å². The van der Waals surface area contributed by atoms with E-state index in [1.165, 1.54) is 19.3 Å². The van der Waals surface area contributed by atoms with Crippen LogP contribution in [0.3, 0.4) is 0 Å². The first-order valence-corrected chi connectivity index (χ1v) is 5.78. The second-order valence-electron chi connectivity index (χ2n) is 3.60. The predicted octanol–water partition coefficient (Wildman–Crippen LogP) is 2.40. The quantitative estimate of drug-likeness (QED) is 0.344. The van der Waals surface area contributed by atoms with Crippen LogP contribution < -0.4 is 5.73 Å². The lowest BCUT2D eigenvalue weighted by Crippen LogP contribution is -2.13. The lowest BCUT2D eigenvalue weighted by atomic mass is 10.1. The van der Waals surface area contributed by atoms with Crippen LogP contribution in [0.2, 0.25) is 0 Å². The number of rotatable bonds is 10. The minimum absolute atomic E-state index is 0.119. The van der Waals surface area contributed by atoms with Crippen LogP contribution >= 0.6 is 0 Å². The summed E-state index contributed by atoms with van der Waals surface area (Å²) < 4.78 is 4.86. The van der Waals surface area contributed by atoms with Gasteiger partial charge in [0, 0.05) is 13.0 Å². The number of hydrogen-bond acceptors (Lipinski definition) is 3. The minimum Gasteiger partial charge on any atom is -0.464 e. The fraction of sp³-hybridized carbons (Fsp3) is 0.750. The Bertz CT molecular complexity index is 169. The molecule has 15 heavy (non-hydrogen) atoms. The Morgan fingerprint density at radius 1 is 1.20 bits per heavy atom. The van der Waals surface area contributed by atoms with Gasteiger partial charge in [0.1, 0.15) is 6.61 Å². The van der Waals surface area contributed by atoms with Gasteiger partial charge in [-0.15, -0.1) is 6.58 Å². The van der Waals surface area contributed by atoms with E-state index in [0.717, 1.165) is 19.3 Å². The van der Waals surface area contributed by atoms with E-state index in [1.54, 1.807) is 0 Å². The molecule has 0 bridgehead atoms. The number of allylic oxidation sites excluding steroid dienone is 1. The number of carbonyl (C=O) groups excluding carboxylic acids is 1. The van der Waals surface area contributed by atoms with E-state index in [4.69, 9.17) is 10.5 Å². The maximum Gasteiger partial charge on any atom is 0.305 e. The van der Waals surface area contributed by atoms with Gasteiger partial charge >= 0.3 is 5.97 Å². The second kappa shape index (κ2) is 11.2. The summed E-state index contributed by atoms with van der Waals surface area (Å²) in [6, 6.07) is 0. The van der Waals surface area contributed by atoms with Gasteiger partial charge in [0.25, 0.3) is 0 Å². The molecule has 0 aliphatic carbocycles. The molecule has 88 valence electrons. The molecule has 0 atom stereocenters. The summed E-state index contributed by atoms with van der Waals surface area (Å²) in [5.74, 6) is -0.119. The average Bonchev–Trinajstić information content (AvgIpc) is 2.25. The lowest BCUT2D eigenvalue weighted by molar-refractivity contribution is -0.143. The molecule has 0 saturated heterocycles. The van der Waals surface area contributed by atoms with Crippen LogP contribution in [-0.4, -0.2) is 19.1 Å². The van der Waals surface area contributed by atoms with Crippen molar-refractivity contribution < 1.29 is 9.53 Å². The van der Waals surface area contributed by atoms with Gasteiger partial charge in [-0.25, -0.2) is 0 Å². The van der Waals surface area contributed by atoms with Gasteiger partial charge in [-0.2, -0.15) is 0 Å². The van der Waals surface area contributed by atoms with E-state index in [2.05, 4.69) is 6.58 Å². The molecule has 0 amide bonds. The SMILES string of the molecule is C=CCCCCCCCC(=O)OCCN. The van der Waals surface area contributed by atoms with Crippen LogP contribution in [0.25, 0.3) is 0 Å². The number of hydrogen-bond donors (Lipinski definition) is 1. The third-order valence-corrected chi connectivity index (χ3v) is 2.17. The Morgan fingerprint density at radius 2 is 1.87 bits per heavy atom. The van der Waals surface area contributed by atoms with E-state index in [9.17, 15) is 4.79 Å². The van der Waals surface area contributed by atoms with Crippen LogP contribution in [0.5, 0.6) is 0 Å². The zero-order valence-corrected chi connectivity index (χ0v) is 9.54. The van der Waals surface area contributed by atoms with Crippen molar-refractivity contribution in [1.82, 2.24) is 0 Å². The highest BCUT2D eigenvalue weighted by Crippen LogP contribution is 2.07. The fourth-order valence-corrected chi connectivity index (χ4v) is 1.33. The first-order chi connectivity index (χ1) is 7.31. The van der Waals surface area contributed by atoms with E-state index in [0.29, 0.717) is 19.6 Å². The maximum atomic E-state index is 11.0. The van der Waals surface area contributed by atoms with Crippen molar-refractivity contribution in [3.05, 3.63) is 12.7 Å². The van der Waals surface area contributed by atoms with Crippen molar-refractivity contribution in [3.63, 3.8) is 0 Å². The van der Waals surface area contributed by atoms with Crippen molar-refractivity contribution in [2.45, 2.75) is 44.9 Å². The molecular weight excluding hydrogens is 190 g/mol. The Kier molecular flexibility index (Phi) is 10.6. The Balaban J connectivity index is 3.09. The molecular formula is C12H23NO2. The largest absolute Gasteiger partial charge is 0.464 e. The van der Waals surface area contributed by atoms with Crippen molar-refractivity contribution in [1.29, 1.82) is 0 Å². The Labute approximate surface area is 92.7 Å². The van der Waals surface area contributed by atoms with Gasteiger partial charge < -0.3 is 10.5 Å². The van der Waals surface area contributed by atoms with Gasteiger partial charge in [0.05, 0.1) is 0 Å². The monoisotopic (exact) mass is 213 g/mol. The molecule has 2 N–H and O–H groups in total. The summed E-state index contributed by atoms with van der Waals surface area (Å²) >= 11 is 0. The summed E-state index contributed by atoms with van der Waals surface area (Å²) in [5.41, 5.74) is 5.21. The summed E-state index contributed by atoms with van der Waals surface area (Å²) in [5, 5.41) is 0. The highest BCUT2D eigenvalue weighted by molar-refractivity contribution is 5.69. The highest BCUT2D eigenvalue weighted by atomic mass is 16.5. The molecule has 0 aliphatic rings. The Hall–Kier alpha value is -0.830. The molecule has 0 radical (unpaired) electrons. The molecule has 0 heterocycles. The van der Waals surface area contributed by atoms with Gasteiger partial charge in [-0.3, -0.25) is 4.79 Å². The third kappa shape index (κ3) is 11.1. The molecule has 3 nitrogen and oxygen atoms in total. The second-order valence-corrected chi connectivity index (χ2v) is 3.60. The van der Waals surface area contributed by atoms with E-state index >= 15 is 0 Å². The number of nitrogens with two attached hydrogens (primary N) is 1. The van der Waals surface area contributed by atoms with Crippen molar-refractivity contribution >= 4 is 5.97 Å².